The van der Waals surface area contributed by atoms with Crippen LogP contribution in [-0.2, 0) is 11.2 Å². The van der Waals surface area contributed by atoms with Crippen molar-refractivity contribution in [1.29, 1.82) is 0 Å². The Hall–Kier alpha value is -0.900. The van der Waals surface area contributed by atoms with Crippen molar-refractivity contribution in [2.24, 2.45) is 5.92 Å². The molecule has 0 spiro atoms. The van der Waals surface area contributed by atoms with Gasteiger partial charge in [-0.3, -0.25) is 0 Å². The SMILES string of the molecule is CC(C)COCC(O)CNC1CCc2ccccc21. The van der Waals surface area contributed by atoms with Crippen LogP contribution in [0.3, 0.4) is 0 Å². The molecule has 0 radical (unpaired) electrons. The maximum Gasteiger partial charge on any atom is 0.0897 e. The number of benzene rings is 1. The third-order valence-electron chi connectivity index (χ3n) is 3.49. The minimum atomic E-state index is -0.425. The molecule has 0 amide bonds. The molecule has 0 heterocycles. The quantitative estimate of drug-likeness (QED) is 0.793. The third kappa shape index (κ3) is 4.30. The molecule has 1 aromatic carbocycles. The molecule has 19 heavy (non-hydrogen) atoms. The van der Waals surface area contributed by atoms with Crippen molar-refractivity contribution in [2.75, 3.05) is 19.8 Å². The largest absolute Gasteiger partial charge is 0.389 e. The van der Waals surface area contributed by atoms with Gasteiger partial charge < -0.3 is 15.2 Å². The lowest BCUT2D eigenvalue weighted by Gasteiger charge is -2.18. The molecule has 0 aromatic heterocycles. The molecular weight excluding hydrogens is 238 g/mol. The van der Waals surface area contributed by atoms with Crippen molar-refractivity contribution in [3.8, 4) is 0 Å². The van der Waals surface area contributed by atoms with E-state index in [4.69, 9.17) is 4.74 Å². The Kier molecular flexibility index (Phi) is 5.37. The van der Waals surface area contributed by atoms with Gasteiger partial charge in [0.1, 0.15) is 0 Å². The first kappa shape index (κ1) is 14.5. The molecule has 2 unspecified atom stereocenters. The molecule has 0 saturated heterocycles. The van der Waals surface area contributed by atoms with E-state index in [1.165, 1.54) is 11.1 Å². The van der Waals surface area contributed by atoms with E-state index in [1.54, 1.807) is 0 Å². The van der Waals surface area contributed by atoms with Gasteiger partial charge in [0.25, 0.3) is 0 Å². The van der Waals surface area contributed by atoms with Gasteiger partial charge in [-0.05, 0) is 29.9 Å². The molecule has 0 aliphatic heterocycles. The predicted molar refractivity (Wildman–Crippen MR) is 77.2 cm³/mol. The van der Waals surface area contributed by atoms with Crippen molar-refractivity contribution in [1.82, 2.24) is 5.32 Å². The summed E-state index contributed by atoms with van der Waals surface area (Å²) in [7, 11) is 0. The Morgan fingerprint density at radius 2 is 2.11 bits per heavy atom. The van der Waals surface area contributed by atoms with E-state index in [2.05, 4.69) is 43.4 Å². The molecule has 2 atom stereocenters. The standard InChI is InChI=1S/C16H25NO2/c1-12(2)10-19-11-14(18)9-17-16-8-7-13-5-3-4-6-15(13)16/h3-6,12,14,16-18H,7-11H2,1-2H3. The monoisotopic (exact) mass is 263 g/mol. The Labute approximate surface area is 116 Å². The summed E-state index contributed by atoms with van der Waals surface area (Å²) in [5.74, 6) is 0.516. The summed E-state index contributed by atoms with van der Waals surface area (Å²) in [5.41, 5.74) is 2.82. The third-order valence-corrected chi connectivity index (χ3v) is 3.49. The van der Waals surface area contributed by atoms with Crippen LogP contribution in [0, 0.1) is 5.92 Å². The molecule has 2 rings (SSSR count). The molecule has 1 aromatic rings. The van der Waals surface area contributed by atoms with Gasteiger partial charge in [0.05, 0.1) is 12.7 Å². The van der Waals surface area contributed by atoms with Crippen molar-refractivity contribution in [3.63, 3.8) is 0 Å². The van der Waals surface area contributed by atoms with E-state index < -0.39 is 6.10 Å². The topological polar surface area (TPSA) is 41.5 Å². The van der Waals surface area contributed by atoms with Crippen LogP contribution < -0.4 is 5.32 Å². The molecule has 106 valence electrons. The Balaban J connectivity index is 1.72. The summed E-state index contributed by atoms with van der Waals surface area (Å²) in [6.07, 6.45) is 1.83. The number of aryl methyl sites for hydroxylation is 1. The maximum absolute atomic E-state index is 9.88. The second-order valence-electron chi connectivity index (χ2n) is 5.78. The molecule has 1 aliphatic carbocycles. The van der Waals surface area contributed by atoms with Gasteiger partial charge in [0, 0.05) is 19.2 Å². The Morgan fingerprint density at radius 3 is 2.89 bits per heavy atom. The molecule has 3 heteroatoms. The highest BCUT2D eigenvalue weighted by atomic mass is 16.5. The van der Waals surface area contributed by atoms with E-state index in [1.807, 2.05) is 0 Å². The number of fused-ring (bicyclic) bond motifs is 1. The number of hydrogen-bond donors (Lipinski definition) is 2. The highest BCUT2D eigenvalue weighted by Gasteiger charge is 2.21. The van der Waals surface area contributed by atoms with Gasteiger partial charge in [0.2, 0.25) is 0 Å². The van der Waals surface area contributed by atoms with Crippen molar-refractivity contribution in [2.45, 2.75) is 38.8 Å². The summed E-state index contributed by atoms with van der Waals surface area (Å²) in [6.45, 7) is 5.94. The van der Waals surface area contributed by atoms with Gasteiger partial charge in [-0.25, -0.2) is 0 Å². The maximum atomic E-state index is 9.88. The van der Waals surface area contributed by atoms with Crippen molar-refractivity contribution < 1.29 is 9.84 Å². The summed E-state index contributed by atoms with van der Waals surface area (Å²) in [6, 6.07) is 8.94. The summed E-state index contributed by atoms with van der Waals surface area (Å²) >= 11 is 0. The minimum absolute atomic E-state index is 0.385. The van der Waals surface area contributed by atoms with Crippen LogP contribution in [0.4, 0.5) is 0 Å². The van der Waals surface area contributed by atoms with Crippen molar-refractivity contribution in [3.05, 3.63) is 35.4 Å². The number of hydrogen-bond acceptors (Lipinski definition) is 3. The van der Waals surface area contributed by atoms with Crippen LogP contribution in [0.2, 0.25) is 0 Å². The molecule has 3 nitrogen and oxygen atoms in total. The first-order chi connectivity index (χ1) is 9.16. The Morgan fingerprint density at radius 1 is 1.32 bits per heavy atom. The fourth-order valence-corrected chi connectivity index (χ4v) is 2.55. The van der Waals surface area contributed by atoms with Crippen LogP contribution in [0.25, 0.3) is 0 Å². The fourth-order valence-electron chi connectivity index (χ4n) is 2.55. The average Bonchev–Trinajstić information content (AvgIpc) is 2.79. The zero-order chi connectivity index (χ0) is 13.7. The molecule has 0 bridgehead atoms. The number of aliphatic hydroxyl groups excluding tert-OH is 1. The van der Waals surface area contributed by atoms with Gasteiger partial charge in [-0.2, -0.15) is 0 Å². The smallest absolute Gasteiger partial charge is 0.0897 e. The lowest BCUT2D eigenvalue weighted by molar-refractivity contribution is 0.0250. The highest BCUT2D eigenvalue weighted by molar-refractivity contribution is 5.34. The number of aliphatic hydroxyl groups is 1. The predicted octanol–water partition coefficient (Wildman–Crippen LogP) is 2.30. The minimum Gasteiger partial charge on any atom is -0.389 e. The normalized spacial score (nSPS) is 19.7. The molecule has 2 N–H and O–H groups in total. The van der Waals surface area contributed by atoms with Crippen LogP contribution in [-0.4, -0.2) is 31.0 Å². The van der Waals surface area contributed by atoms with E-state index in [0.29, 0.717) is 31.7 Å². The zero-order valence-corrected chi connectivity index (χ0v) is 11.9. The van der Waals surface area contributed by atoms with E-state index in [-0.39, 0.29) is 0 Å². The molecule has 0 saturated carbocycles. The first-order valence-electron chi connectivity index (χ1n) is 7.24. The second kappa shape index (κ2) is 7.04. The average molecular weight is 263 g/mol. The van der Waals surface area contributed by atoms with Crippen LogP contribution in [0.1, 0.15) is 37.4 Å². The van der Waals surface area contributed by atoms with E-state index >= 15 is 0 Å². The zero-order valence-electron chi connectivity index (χ0n) is 11.9. The number of ether oxygens (including phenoxy) is 1. The number of nitrogens with one attached hydrogen (secondary N) is 1. The van der Waals surface area contributed by atoms with E-state index in [0.717, 1.165) is 12.8 Å². The molecular formula is C16H25NO2. The van der Waals surface area contributed by atoms with Gasteiger partial charge in [0.15, 0.2) is 0 Å². The van der Waals surface area contributed by atoms with E-state index in [9.17, 15) is 5.11 Å². The van der Waals surface area contributed by atoms with Crippen molar-refractivity contribution >= 4 is 0 Å². The summed E-state index contributed by atoms with van der Waals surface area (Å²) in [4.78, 5) is 0. The van der Waals surface area contributed by atoms with Crippen LogP contribution in [0.5, 0.6) is 0 Å². The molecule has 0 fully saturated rings. The van der Waals surface area contributed by atoms with Gasteiger partial charge >= 0.3 is 0 Å². The Bertz CT molecular complexity index is 392. The summed E-state index contributed by atoms with van der Waals surface area (Å²) in [5, 5.41) is 13.3. The lowest BCUT2D eigenvalue weighted by atomic mass is 10.1. The van der Waals surface area contributed by atoms with Gasteiger partial charge in [-0.15, -0.1) is 0 Å². The second-order valence-corrected chi connectivity index (χ2v) is 5.78. The first-order valence-corrected chi connectivity index (χ1v) is 7.24. The lowest BCUT2D eigenvalue weighted by Crippen LogP contribution is -2.32. The van der Waals surface area contributed by atoms with Crippen LogP contribution >= 0.6 is 0 Å². The highest BCUT2D eigenvalue weighted by Crippen LogP contribution is 2.30. The number of rotatable bonds is 7. The van der Waals surface area contributed by atoms with Crippen LogP contribution in [0.15, 0.2) is 24.3 Å². The summed E-state index contributed by atoms with van der Waals surface area (Å²) < 4.78 is 5.45. The van der Waals surface area contributed by atoms with Gasteiger partial charge in [-0.1, -0.05) is 38.1 Å². The molecule has 1 aliphatic rings. The fraction of sp³-hybridized carbons (Fsp3) is 0.625.